The van der Waals surface area contributed by atoms with E-state index in [1.165, 1.54) is 0 Å². The van der Waals surface area contributed by atoms with Crippen molar-refractivity contribution in [3.05, 3.63) is 58.7 Å². The number of aromatic nitrogens is 3. The van der Waals surface area contributed by atoms with Crippen LogP contribution in [0.1, 0.15) is 11.3 Å². The number of fused-ring (bicyclic) bond motifs is 1. The van der Waals surface area contributed by atoms with Gasteiger partial charge in [0.15, 0.2) is 5.65 Å². The summed E-state index contributed by atoms with van der Waals surface area (Å²) in [6.07, 6.45) is 0. The Bertz CT molecular complexity index is 720. The average Bonchev–Trinajstić information content (AvgIpc) is 2.81. The summed E-state index contributed by atoms with van der Waals surface area (Å²) in [5, 5.41) is 8.35. The maximum Gasteiger partial charge on any atom is 0.243 e. The number of rotatable bonds is 3. The molecule has 96 valence electrons. The molecule has 0 aliphatic rings. The summed E-state index contributed by atoms with van der Waals surface area (Å²) in [5.41, 5.74) is 3.00. The highest BCUT2D eigenvalue weighted by atomic mass is 35.5. The van der Waals surface area contributed by atoms with E-state index in [1.807, 2.05) is 53.9 Å². The summed E-state index contributed by atoms with van der Waals surface area (Å²) in [4.78, 5) is 4.42. The van der Waals surface area contributed by atoms with Gasteiger partial charge in [0.2, 0.25) is 5.95 Å². The molecule has 0 amide bonds. The molecule has 2 aromatic heterocycles. The third-order valence-corrected chi connectivity index (χ3v) is 3.12. The van der Waals surface area contributed by atoms with Crippen molar-refractivity contribution in [3.63, 3.8) is 0 Å². The number of pyridine rings is 1. The van der Waals surface area contributed by atoms with Gasteiger partial charge in [0, 0.05) is 17.3 Å². The van der Waals surface area contributed by atoms with Crippen LogP contribution in [0.15, 0.2) is 42.5 Å². The number of halogens is 1. The molecule has 1 aromatic carbocycles. The fourth-order valence-electron chi connectivity index (χ4n) is 1.94. The number of hydrogen-bond donors (Lipinski definition) is 1. The molecule has 0 unspecified atom stereocenters. The van der Waals surface area contributed by atoms with Gasteiger partial charge >= 0.3 is 0 Å². The van der Waals surface area contributed by atoms with Crippen LogP contribution in [-0.4, -0.2) is 14.6 Å². The largest absolute Gasteiger partial charge is 0.349 e. The van der Waals surface area contributed by atoms with E-state index in [0.29, 0.717) is 12.5 Å². The van der Waals surface area contributed by atoms with E-state index in [4.69, 9.17) is 11.6 Å². The number of nitrogens with zero attached hydrogens (tertiary/aromatic N) is 3. The quantitative estimate of drug-likeness (QED) is 0.795. The summed E-state index contributed by atoms with van der Waals surface area (Å²) in [6.45, 7) is 2.65. The Kier molecular flexibility index (Phi) is 3.09. The summed E-state index contributed by atoms with van der Waals surface area (Å²) < 4.78 is 1.82. The molecule has 4 nitrogen and oxygen atoms in total. The van der Waals surface area contributed by atoms with Gasteiger partial charge in [-0.05, 0) is 36.8 Å². The Balaban J connectivity index is 1.80. The van der Waals surface area contributed by atoms with Crippen LogP contribution in [-0.2, 0) is 6.54 Å². The van der Waals surface area contributed by atoms with Crippen molar-refractivity contribution in [2.45, 2.75) is 13.5 Å². The predicted octanol–water partition coefficient (Wildman–Crippen LogP) is 3.30. The van der Waals surface area contributed by atoms with Crippen LogP contribution >= 0.6 is 11.6 Å². The first-order chi connectivity index (χ1) is 9.22. The predicted molar refractivity (Wildman–Crippen MR) is 76.5 cm³/mol. The summed E-state index contributed by atoms with van der Waals surface area (Å²) >= 11 is 5.95. The fourth-order valence-corrected chi connectivity index (χ4v) is 2.15. The molecule has 3 aromatic rings. The van der Waals surface area contributed by atoms with Crippen LogP contribution in [0, 0.1) is 6.92 Å². The second-order valence-corrected chi connectivity index (χ2v) is 4.79. The van der Waals surface area contributed by atoms with Crippen molar-refractivity contribution in [1.29, 1.82) is 0 Å². The lowest BCUT2D eigenvalue weighted by molar-refractivity contribution is 0.909. The van der Waals surface area contributed by atoms with Crippen molar-refractivity contribution in [3.8, 4) is 0 Å². The molecule has 0 aliphatic heterocycles. The maximum atomic E-state index is 5.95. The van der Waals surface area contributed by atoms with Gasteiger partial charge in [0.25, 0.3) is 0 Å². The number of aryl methyl sites for hydroxylation is 1. The molecule has 1 N–H and O–H groups in total. The van der Waals surface area contributed by atoms with Crippen molar-refractivity contribution in [1.82, 2.24) is 14.6 Å². The van der Waals surface area contributed by atoms with Crippen LogP contribution in [0.5, 0.6) is 0 Å². The second-order valence-electron chi connectivity index (χ2n) is 4.36. The van der Waals surface area contributed by atoms with Gasteiger partial charge in [-0.15, -0.1) is 5.10 Å². The lowest BCUT2D eigenvalue weighted by atomic mass is 10.2. The summed E-state index contributed by atoms with van der Waals surface area (Å²) in [5.74, 6) is 0.620. The number of anilines is 1. The van der Waals surface area contributed by atoms with Crippen molar-refractivity contribution >= 4 is 23.2 Å². The highest BCUT2D eigenvalue weighted by molar-refractivity contribution is 6.30. The minimum Gasteiger partial charge on any atom is -0.349 e. The molecule has 5 heteroatoms. The normalized spacial score (nSPS) is 10.8. The Morgan fingerprint density at radius 2 is 2.05 bits per heavy atom. The first-order valence-electron chi connectivity index (χ1n) is 6.03. The topological polar surface area (TPSA) is 42.2 Å². The number of benzene rings is 1. The second kappa shape index (κ2) is 4.90. The first-order valence-corrected chi connectivity index (χ1v) is 6.41. The first kappa shape index (κ1) is 12.0. The van der Waals surface area contributed by atoms with E-state index < -0.39 is 0 Å². The van der Waals surface area contributed by atoms with E-state index in [0.717, 1.165) is 21.9 Å². The Labute approximate surface area is 116 Å². The molecule has 0 spiro atoms. The van der Waals surface area contributed by atoms with Gasteiger partial charge in [-0.3, -0.25) is 0 Å². The molecular weight excluding hydrogens is 260 g/mol. The maximum absolute atomic E-state index is 5.95. The van der Waals surface area contributed by atoms with Crippen LogP contribution < -0.4 is 5.32 Å². The van der Waals surface area contributed by atoms with Crippen LogP contribution in [0.25, 0.3) is 5.65 Å². The monoisotopic (exact) mass is 272 g/mol. The molecule has 2 heterocycles. The smallest absolute Gasteiger partial charge is 0.243 e. The van der Waals surface area contributed by atoms with Gasteiger partial charge in [0.1, 0.15) is 0 Å². The molecule has 0 fully saturated rings. The Hall–Kier alpha value is -2.07. The highest BCUT2D eigenvalue weighted by Gasteiger charge is 2.04. The van der Waals surface area contributed by atoms with E-state index in [9.17, 15) is 0 Å². The van der Waals surface area contributed by atoms with E-state index in [2.05, 4.69) is 15.4 Å². The number of nitrogens with one attached hydrogen (secondary N) is 1. The third kappa shape index (κ3) is 2.53. The summed E-state index contributed by atoms with van der Waals surface area (Å²) in [6, 6.07) is 13.6. The minimum absolute atomic E-state index is 0.620. The van der Waals surface area contributed by atoms with Gasteiger partial charge in [-0.25, -0.2) is 4.52 Å². The van der Waals surface area contributed by atoms with Gasteiger partial charge in [-0.1, -0.05) is 29.8 Å². The standard InChI is InChI=1S/C14H13ClN4/c1-10-4-2-7-13-17-14(18-19(10)13)16-9-11-5-3-6-12(15)8-11/h2-8H,9H2,1H3,(H,16,18). The summed E-state index contributed by atoms with van der Waals surface area (Å²) in [7, 11) is 0. The third-order valence-electron chi connectivity index (χ3n) is 2.89. The van der Waals surface area contributed by atoms with Crippen LogP contribution in [0.3, 0.4) is 0 Å². The zero-order valence-electron chi connectivity index (χ0n) is 10.5. The number of hydrogen-bond acceptors (Lipinski definition) is 3. The van der Waals surface area contributed by atoms with E-state index >= 15 is 0 Å². The average molecular weight is 273 g/mol. The molecule has 19 heavy (non-hydrogen) atoms. The molecule has 0 radical (unpaired) electrons. The lowest BCUT2D eigenvalue weighted by Gasteiger charge is -2.02. The zero-order chi connectivity index (χ0) is 13.2. The van der Waals surface area contributed by atoms with E-state index in [-0.39, 0.29) is 0 Å². The molecule has 0 saturated heterocycles. The van der Waals surface area contributed by atoms with Crippen molar-refractivity contribution < 1.29 is 0 Å². The zero-order valence-corrected chi connectivity index (χ0v) is 11.2. The van der Waals surface area contributed by atoms with Gasteiger partial charge in [0.05, 0.1) is 0 Å². The molecule has 0 saturated carbocycles. The van der Waals surface area contributed by atoms with Crippen LogP contribution in [0.2, 0.25) is 5.02 Å². The van der Waals surface area contributed by atoms with Crippen molar-refractivity contribution in [2.24, 2.45) is 0 Å². The van der Waals surface area contributed by atoms with Gasteiger partial charge < -0.3 is 5.32 Å². The Morgan fingerprint density at radius 3 is 2.84 bits per heavy atom. The van der Waals surface area contributed by atoms with Gasteiger partial charge in [-0.2, -0.15) is 4.98 Å². The molecule has 0 atom stereocenters. The highest BCUT2D eigenvalue weighted by Crippen LogP contribution is 2.13. The van der Waals surface area contributed by atoms with E-state index in [1.54, 1.807) is 0 Å². The molecule has 0 aliphatic carbocycles. The minimum atomic E-state index is 0.620. The molecule has 3 rings (SSSR count). The fraction of sp³-hybridized carbons (Fsp3) is 0.143. The SMILES string of the molecule is Cc1cccc2nc(NCc3cccc(Cl)c3)nn12. The Morgan fingerprint density at radius 1 is 1.21 bits per heavy atom. The lowest BCUT2D eigenvalue weighted by Crippen LogP contribution is -2.01. The molecule has 0 bridgehead atoms. The van der Waals surface area contributed by atoms with Crippen LogP contribution in [0.4, 0.5) is 5.95 Å². The van der Waals surface area contributed by atoms with Crippen molar-refractivity contribution in [2.75, 3.05) is 5.32 Å². The molecular formula is C14H13ClN4.